The van der Waals surface area contributed by atoms with Crippen LogP contribution in [0.2, 0.25) is 0 Å². The SMILES string of the molecule is CN(C)c1ccc2c([P+](=O)O)c3ccc(N)cc3[n+](CCCC(=O)O[N+]3=C(O)CCC3=O)c2c1. The number of carbonyl (C=O) groups excluding carboxylic acids is 2. The monoisotopic (exact) mass is 485 g/mol. The van der Waals surface area contributed by atoms with Crippen LogP contribution < -0.4 is 20.5 Å². The van der Waals surface area contributed by atoms with Crippen molar-refractivity contribution in [1.82, 2.24) is 0 Å². The van der Waals surface area contributed by atoms with Gasteiger partial charge in [0.05, 0.1) is 24.0 Å². The zero-order chi connectivity index (χ0) is 24.6. The minimum absolute atomic E-state index is 0.00124. The Morgan fingerprint density at radius 1 is 1.15 bits per heavy atom. The number of hydrogen-bond donors (Lipinski definition) is 3. The predicted octanol–water partition coefficient (Wildman–Crippen LogP) is 1.82. The molecule has 11 heteroatoms. The second-order valence-electron chi connectivity index (χ2n) is 8.32. The number of pyridine rings is 1. The van der Waals surface area contributed by atoms with Gasteiger partial charge in [-0.1, -0.05) is 0 Å². The normalized spacial score (nSPS) is 14.2. The summed E-state index contributed by atoms with van der Waals surface area (Å²) >= 11 is 0. The third kappa shape index (κ3) is 4.42. The van der Waals surface area contributed by atoms with Crippen molar-refractivity contribution in [2.24, 2.45) is 0 Å². The zero-order valence-electron chi connectivity index (χ0n) is 18.9. The molecule has 0 spiro atoms. The van der Waals surface area contributed by atoms with Crippen LogP contribution in [-0.2, 0) is 25.5 Å². The lowest BCUT2D eigenvalue weighted by Crippen LogP contribution is -2.38. The van der Waals surface area contributed by atoms with Crippen LogP contribution >= 0.6 is 8.03 Å². The van der Waals surface area contributed by atoms with Crippen LogP contribution in [0.25, 0.3) is 21.8 Å². The van der Waals surface area contributed by atoms with E-state index in [9.17, 15) is 24.2 Å². The van der Waals surface area contributed by atoms with Gasteiger partial charge in [-0.3, -0.25) is 0 Å². The lowest BCUT2D eigenvalue weighted by molar-refractivity contribution is -0.694. The van der Waals surface area contributed by atoms with Crippen molar-refractivity contribution in [3.8, 4) is 0 Å². The summed E-state index contributed by atoms with van der Waals surface area (Å²) in [7, 11) is 1.17. The molecule has 1 aliphatic rings. The van der Waals surface area contributed by atoms with Gasteiger partial charge in [-0.2, -0.15) is 14.3 Å². The molecule has 1 unspecified atom stereocenters. The Morgan fingerprint density at radius 3 is 2.44 bits per heavy atom. The van der Waals surface area contributed by atoms with E-state index in [1.165, 1.54) is 0 Å². The minimum atomic E-state index is -2.64. The maximum absolute atomic E-state index is 12.3. The van der Waals surface area contributed by atoms with Crippen molar-refractivity contribution < 1.29 is 38.3 Å². The molecule has 1 amide bonds. The smallest absolute Gasteiger partial charge is 0.460 e. The molecule has 2 aromatic carbocycles. The van der Waals surface area contributed by atoms with E-state index in [0.717, 1.165) is 11.2 Å². The van der Waals surface area contributed by atoms with Gasteiger partial charge in [0.25, 0.3) is 5.30 Å². The van der Waals surface area contributed by atoms with Crippen molar-refractivity contribution in [3.63, 3.8) is 0 Å². The molecule has 0 saturated heterocycles. The molecule has 1 atom stereocenters. The topological polar surface area (TPSA) is 137 Å². The number of rotatable bonds is 7. The standard InChI is InChI=1S/C23H23N4O6P/c1-25(2)15-6-8-17-19(13-15)26(18-12-14(24)5-7-16(18)23(17)34(31)32)11-3-4-22(30)33-27-20(28)9-10-21(27)29/h5-8,12-13,24H,3-4,9-11H2,1-2H3/p+3. The molecule has 10 nitrogen and oxygen atoms in total. The molecule has 1 aliphatic heterocycles. The number of benzene rings is 2. The van der Waals surface area contributed by atoms with Crippen molar-refractivity contribution in [3.05, 3.63) is 36.4 Å². The molecule has 0 aliphatic carbocycles. The Labute approximate surface area is 196 Å². The van der Waals surface area contributed by atoms with E-state index in [0.29, 0.717) is 45.0 Å². The van der Waals surface area contributed by atoms with Crippen molar-refractivity contribution in [2.45, 2.75) is 32.2 Å². The number of nitrogens with zero attached hydrogens (tertiary/aromatic N) is 3. The number of hydrogen-bond acceptors (Lipinski definition) is 6. The lowest BCUT2D eigenvalue weighted by atomic mass is 10.1. The van der Waals surface area contributed by atoms with Crippen LogP contribution in [0.4, 0.5) is 11.4 Å². The summed E-state index contributed by atoms with van der Waals surface area (Å²) in [6.07, 6.45) is 0.609. The number of hydroxylamine groups is 1. The number of carbonyl (C=O) groups is 2. The van der Waals surface area contributed by atoms with E-state index in [1.54, 1.807) is 18.2 Å². The van der Waals surface area contributed by atoms with Crippen LogP contribution in [0.3, 0.4) is 0 Å². The number of nitrogens with two attached hydrogens (primary N) is 1. The van der Waals surface area contributed by atoms with Gasteiger partial charge in [0, 0.05) is 44.0 Å². The van der Waals surface area contributed by atoms with Gasteiger partial charge >= 0.3 is 25.8 Å². The highest BCUT2D eigenvalue weighted by molar-refractivity contribution is 7.48. The average molecular weight is 485 g/mol. The second-order valence-corrected chi connectivity index (χ2v) is 9.31. The molecular formula is C23H26N4O6P+3. The van der Waals surface area contributed by atoms with Crippen LogP contribution in [0, 0.1) is 0 Å². The predicted molar refractivity (Wildman–Crippen MR) is 127 cm³/mol. The first-order valence-electron chi connectivity index (χ1n) is 10.8. The molecule has 4 N–H and O–H groups in total. The summed E-state index contributed by atoms with van der Waals surface area (Å²) < 4.78 is 15.0. The fourth-order valence-corrected chi connectivity index (χ4v) is 4.90. The van der Waals surface area contributed by atoms with Gasteiger partial charge in [-0.25, -0.2) is 9.59 Å². The molecule has 0 radical (unpaired) electrons. The molecule has 0 fully saturated rings. The Balaban J connectivity index is 1.73. The summed E-state index contributed by atoms with van der Waals surface area (Å²) in [5, 5.41) is 11.3. The third-order valence-electron chi connectivity index (χ3n) is 5.78. The van der Waals surface area contributed by atoms with Gasteiger partial charge in [0.15, 0.2) is 0 Å². The summed E-state index contributed by atoms with van der Waals surface area (Å²) in [6, 6.07) is 10.8. The molecular weight excluding hydrogens is 459 g/mol. The van der Waals surface area contributed by atoms with Crippen LogP contribution in [-0.4, -0.2) is 46.6 Å². The molecule has 4 rings (SSSR count). The van der Waals surface area contributed by atoms with E-state index >= 15 is 0 Å². The maximum atomic E-state index is 12.3. The van der Waals surface area contributed by atoms with E-state index in [2.05, 4.69) is 0 Å². The Hall–Kier alpha value is -3.62. The number of amides is 1. The molecule has 34 heavy (non-hydrogen) atoms. The number of aryl methyl sites for hydroxylation is 1. The van der Waals surface area contributed by atoms with Crippen LogP contribution in [0.15, 0.2) is 36.4 Å². The first kappa shape index (κ1) is 23.5. The number of anilines is 2. The van der Waals surface area contributed by atoms with E-state index < -0.39 is 19.9 Å². The van der Waals surface area contributed by atoms with Crippen molar-refractivity contribution in [2.75, 3.05) is 24.7 Å². The molecule has 0 saturated carbocycles. The Bertz CT molecular complexity index is 1390. The summed E-state index contributed by atoms with van der Waals surface area (Å²) in [6.45, 7) is 0.384. The fraction of sp³-hybridized carbons (Fsp3) is 0.304. The fourth-order valence-electron chi connectivity index (χ4n) is 4.11. The van der Waals surface area contributed by atoms with Crippen molar-refractivity contribution in [1.29, 1.82) is 0 Å². The Morgan fingerprint density at radius 2 is 1.82 bits per heavy atom. The van der Waals surface area contributed by atoms with Gasteiger partial charge in [0.1, 0.15) is 17.3 Å². The third-order valence-corrected chi connectivity index (χ3v) is 6.65. The first-order valence-corrected chi connectivity index (χ1v) is 12.0. The largest absolute Gasteiger partial charge is 0.547 e. The quantitative estimate of drug-likeness (QED) is 0.152. The average Bonchev–Trinajstić information content (AvgIpc) is 3.10. The molecule has 3 aromatic rings. The summed E-state index contributed by atoms with van der Waals surface area (Å²) in [4.78, 5) is 41.1. The highest BCUT2D eigenvalue weighted by Gasteiger charge is 2.37. The van der Waals surface area contributed by atoms with Crippen LogP contribution in [0.1, 0.15) is 25.7 Å². The highest BCUT2D eigenvalue weighted by atomic mass is 31.1. The first-order chi connectivity index (χ1) is 16.2. The maximum Gasteiger partial charge on any atom is 0.547 e. The zero-order valence-corrected chi connectivity index (χ0v) is 19.8. The molecule has 0 bridgehead atoms. The van der Waals surface area contributed by atoms with Gasteiger partial charge in [-0.15, -0.1) is 0 Å². The molecule has 1 aromatic heterocycles. The van der Waals surface area contributed by atoms with Gasteiger partial charge in [0.2, 0.25) is 11.0 Å². The molecule has 176 valence electrons. The summed E-state index contributed by atoms with van der Waals surface area (Å²) in [5.41, 5.74) is 8.85. The van der Waals surface area contributed by atoms with Crippen LogP contribution in [0.5, 0.6) is 0 Å². The minimum Gasteiger partial charge on any atom is -0.460 e. The second kappa shape index (κ2) is 9.32. The van der Waals surface area contributed by atoms with E-state index in [-0.39, 0.29) is 25.2 Å². The van der Waals surface area contributed by atoms with Gasteiger partial charge < -0.3 is 15.7 Å². The van der Waals surface area contributed by atoms with Gasteiger partial charge in [-0.05, 0) is 28.8 Å². The number of aliphatic hydroxyl groups is 1. The number of aromatic nitrogens is 1. The van der Waals surface area contributed by atoms with E-state index in [1.807, 2.05) is 41.8 Å². The lowest BCUT2D eigenvalue weighted by Gasteiger charge is -2.13. The Kier molecular flexibility index (Phi) is 6.45. The highest BCUT2D eigenvalue weighted by Crippen LogP contribution is 2.29. The number of nitrogen functional groups attached to an aromatic ring is 1. The molecule has 2 heterocycles. The number of fused-ring (bicyclic) bond motifs is 2. The van der Waals surface area contributed by atoms with E-state index in [4.69, 9.17) is 10.6 Å². The summed E-state index contributed by atoms with van der Waals surface area (Å²) in [5.74, 6) is -1.37. The number of aliphatic hydroxyl groups excluding tert-OH is 1. The van der Waals surface area contributed by atoms with Crippen molar-refractivity contribution >= 4 is 64.3 Å².